The van der Waals surface area contributed by atoms with Crippen LogP contribution in [0, 0.1) is 0 Å². The van der Waals surface area contributed by atoms with E-state index in [-0.39, 0.29) is 24.2 Å². The minimum absolute atomic E-state index is 0.0356. The van der Waals surface area contributed by atoms with Crippen molar-refractivity contribution in [3.8, 4) is 0 Å². The van der Waals surface area contributed by atoms with E-state index in [4.69, 9.17) is 9.72 Å². The van der Waals surface area contributed by atoms with Gasteiger partial charge in [0.2, 0.25) is 0 Å². The normalized spacial score (nSPS) is 14.4. The minimum atomic E-state index is -0.282. The molecule has 1 amide bonds. The Bertz CT molecular complexity index is 1490. The van der Waals surface area contributed by atoms with Crippen LogP contribution in [0.2, 0.25) is 0 Å². The van der Waals surface area contributed by atoms with Gasteiger partial charge in [-0.05, 0) is 38.3 Å². The van der Waals surface area contributed by atoms with E-state index in [2.05, 4.69) is 24.5 Å². The van der Waals surface area contributed by atoms with Crippen molar-refractivity contribution in [1.29, 1.82) is 0 Å². The second-order valence-corrected chi connectivity index (χ2v) is 9.74. The predicted octanol–water partition coefficient (Wildman–Crippen LogP) is 5.37. The highest BCUT2D eigenvalue weighted by molar-refractivity contribution is 6.02. The molecule has 36 heavy (non-hydrogen) atoms. The van der Waals surface area contributed by atoms with Crippen molar-refractivity contribution in [3.05, 3.63) is 88.0 Å². The van der Waals surface area contributed by atoms with Gasteiger partial charge in [-0.1, -0.05) is 60.2 Å². The van der Waals surface area contributed by atoms with Crippen molar-refractivity contribution in [2.45, 2.75) is 45.8 Å². The first kappa shape index (κ1) is 23.9. The van der Waals surface area contributed by atoms with Gasteiger partial charge in [0.05, 0.1) is 5.52 Å². The monoisotopic (exact) mass is 484 g/mol. The summed E-state index contributed by atoms with van der Waals surface area (Å²) in [5.41, 5.74) is 4.42. The third-order valence-electron chi connectivity index (χ3n) is 7.03. The molecule has 4 aromatic rings. The quantitative estimate of drug-likeness (QED) is 0.357. The van der Waals surface area contributed by atoms with Crippen LogP contribution in [0.1, 0.15) is 44.0 Å². The minimum Gasteiger partial charge on any atom is -0.445 e. The number of likely N-dealkylation sites (tertiary alicyclic amines) is 1. The lowest BCUT2D eigenvalue weighted by Crippen LogP contribution is -2.38. The Labute approximate surface area is 210 Å². The number of hydrogen-bond acceptors (Lipinski definition) is 4. The van der Waals surface area contributed by atoms with Crippen molar-refractivity contribution in [1.82, 2.24) is 19.0 Å². The molecular formula is C29H32N4O3. The number of piperidine rings is 1. The number of hydrogen-bond donors (Lipinski definition) is 0. The molecule has 0 saturated carbocycles. The molecule has 1 saturated heterocycles. The Hall–Kier alpha value is -3.87. The molecule has 1 aliphatic heterocycles. The Morgan fingerprint density at radius 3 is 2.47 bits per heavy atom. The van der Waals surface area contributed by atoms with Gasteiger partial charge in [0.15, 0.2) is 0 Å². The van der Waals surface area contributed by atoms with E-state index >= 15 is 0 Å². The van der Waals surface area contributed by atoms with Crippen LogP contribution in [0.25, 0.3) is 21.9 Å². The average Bonchev–Trinajstić information content (AvgIpc) is 3.29. The first-order chi connectivity index (χ1) is 17.4. The lowest BCUT2D eigenvalue weighted by molar-refractivity contribution is 0.0865. The highest BCUT2D eigenvalue weighted by Gasteiger charge is 2.29. The zero-order valence-corrected chi connectivity index (χ0v) is 21.1. The van der Waals surface area contributed by atoms with Gasteiger partial charge in [0.25, 0.3) is 5.56 Å². The summed E-state index contributed by atoms with van der Waals surface area (Å²) in [5.74, 6) is 1.08. The van der Waals surface area contributed by atoms with E-state index < -0.39 is 0 Å². The Morgan fingerprint density at radius 2 is 1.75 bits per heavy atom. The SMILES string of the molecule is CC(C)=CCn1c(C2CCN(C(=O)OCc3ccccc3)CC2)nc2c3ccccc3n(C)c(=O)c21. The summed E-state index contributed by atoms with van der Waals surface area (Å²) in [6.07, 6.45) is 3.40. The molecule has 1 fully saturated rings. The first-order valence-corrected chi connectivity index (χ1v) is 12.5. The summed E-state index contributed by atoms with van der Waals surface area (Å²) in [6, 6.07) is 17.6. The molecule has 0 atom stereocenters. The molecule has 2 aromatic carbocycles. The molecule has 1 aliphatic rings. The predicted molar refractivity (Wildman–Crippen MR) is 142 cm³/mol. The summed E-state index contributed by atoms with van der Waals surface area (Å²) in [6.45, 7) is 6.19. The van der Waals surface area contributed by atoms with Gasteiger partial charge >= 0.3 is 6.09 Å². The molecule has 5 rings (SSSR count). The molecule has 0 radical (unpaired) electrons. The number of allylic oxidation sites excluding steroid dienone is 2. The van der Waals surface area contributed by atoms with Gasteiger partial charge < -0.3 is 18.8 Å². The van der Waals surface area contributed by atoms with Crippen molar-refractivity contribution in [3.63, 3.8) is 0 Å². The van der Waals surface area contributed by atoms with Gasteiger partial charge in [-0.3, -0.25) is 4.79 Å². The molecule has 2 aromatic heterocycles. The summed E-state index contributed by atoms with van der Waals surface area (Å²) in [7, 11) is 1.82. The zero-order valence-electron chi connectivity index (χ0n) is 21.1. The molecule has 0 bridgehead atoms. The van der Waals surface area contributed by atoms with Crippen molar-refractivity contribution < 1.29 is 9.53 Å². The van der Waals surface area contributed by atoms with Crippen LogP contribution < -0.4 is 5.56 Å². The second kappa shape index (κ2) is 10.0. The maximum Gasteiger partial charge on any atom is 0.410 e. The third kappa shape index (κ3) is 4.53. The Morgan fingerprint density at radius 1 is 1.06 bits per heavy atom. The number of aromatic nitrogens is 3. The van der Waals surface area contributed by atoms with Crippen LogP contribution in [0.4, 0.5) is 4.79 Å². The summed E-state index contributed by atoms with van der Waals surface area (Å²) in [5, 5.41) is 0.980. The van der Waals surface area contributed by atoms with Crippen LogP contribution in [0.3, 0.4) is 0 Å². The molecule has 3 heterocycles. The summed E-state index contributed by atoms with van der Waals surface area (Å²) in [4.78, 5) is 33.0. The van der Waals surface area contributed by atoms with E-state index in [0.29, 0.717) is 25.2 Å². The van der Waals surface area contributed by atoms with Crippen molar-refractivity contribution >= 4 is 28.0 Å². The number of rotatable bonds is 5. The summed E-state index contributed by atoms with van der Waals surface area (Å²) >= 11 is 0. The Balaban J connectivity index is 1.42. The molecule has 0 N–H and O–H groups in total. The fourth-order valence-corrected chi connectivity index (χ4v) is 5.01. The fourth-order valence-electron chi connectivity index (χ4n) is 5.01. The number of para-hydroxylation sites is 1. The number of amides is 1. The smallest absolute Gasteiger partial charge is 0.410 e. The molecule has 0 aliphatic carbocycles. The van der Waals surface area contributed by atoms with Crippen LogP contribution in [0.5, 0.6) is 0 Å². The fraction of sp³-hybridized carbons (Fsp3) is 0.345. The molecule has 0 unspecified atom stereocenters. The Kier molecular flexibility index (Phi) is 6.63. The number of ether oxygens (including phenoxy) is 1. The van der Waals surface area contributed by atoms with Gasteiger partial charge in [0.1, 0.15) is 23.5 Å². The van der Waals surface area contributed by atoms with E-state index in [0.717, 1.165) is 40.6 Å². The first-order valence-electron chi connectivity index (χ1n) is 12.5. The number of imidazole rings is 1. The lowest BCUT2D eigenvalue weighted by atomic mass is 9.96. The number of nitrogens with zero attached hydrogens (tertiary/aromatic N) is 4. The van der Waals surface area contributed by atoms with E-state index in [1.165, 1.54) is 5.57 Å². The zero-order chi connectivity index (χ0) is 25.2. The number of carbonyl (C=O) groups is 1. The average molecular weight is 485 g/mol. The van der Waals surface area contributed by atoms with Gasteiger partial charge in [-0.15, -0.1) is 0 Å². The standard InChI is InChI=1S/C29H32N4O3/c1-20(2)13-18-33-26-25(23-11-7-8-12-24(23)31(3)28(26)34)30-27(33)22-14-16-32(17-15-22)29(35)36-19-21-9-5-4-6-10-21/h4-13,22H,14-19H2,1-3H3. The molecule has 186 valence electrons. The highest BCUT2D eigenvalue weighted by Crippen LogP contribution is 2.32. The number of aryl methyl sites for hydroxylation is 1. The lowest BCUT2D eigenvalue weighted by Gasteiger charge is -2.31. The maximum absolute atomic E-state index is 13.4. The van der Waals surface area contributed by atoms with E-state index in [1.807, 2.05) is 61.6 Å². The second-order valence-electron chi connectivity index (χ2n) is 9.74. The third-order valence-corrected chi connectivity index (χ3v) is 7.03. The van der Waals surface area contributed by atoms with Gasteiger partial charge in [0, 0.05) is 38.0 Å². The number of benzene rings is 2. The van der Waals surface area contributed by atoms with Crippen LogP contribution in [-0.2, 0) is 24.9 Å². The molecule has 7 nitrogen and oxygen atoms in total. The largest absolute Gasteiger partial charge is 0.445 e. The molecule has 0 spiro atoms. The van der Waals surface area contributed by atoms with Crippen LogP contribution in [0.15, 0.2) is 71.0 Å². The van der Waals surface area contributed by atoms with Crippen LogP contribution >= 0.6 is 0 Å². The van der Waals surface area contributed by atoms with E-state index in [1.54, 1.807) is 9.47 Å². The maximum atomic E-state index is 13.4. The number of fused-ring (bicyclic) bond motifs is 3. The van der Waals surface area contributed by atoms with Crippen LogP contribution in [-0.4, -0.2) is 38.2 Å². The topological polar surface area (TPSA) is 69.4 Å². The van der Waals surface area contributed by atoms with Crippen molar-refractivity contribution in [2.24, 2.45) is 7.05 Å². The van der Waals surface area contributed by atoms with Gasteiger partial charge in [-0.2, -0.15) is 0 Å². The highest BCUT2D eigenvalue weighted by atomic mass is 16.6. The summed E-state index contributed by atoms with van der Waals surface area (Å²) < 4.78 is 9.34. The van der Waals surface area contributed by atoms with E-state index in [9.17, 15) is 9.59 Å². The number of pyridine rings is 1. The van der Waals surface area contributed by atoms with Crippen molar-refractivity contribution in [2.75, 3.05) is 13.1 Å². The molecule has 7 heteroatoms. The number of carbonyl (C=O) groups excluding carboxylic acids is 1. The van der Waals surface area contributed by atoms with Gasteiger partial charge in [-0.25, -0.2) is 9.78 Å². The molecular weight excluding hydrogens is 452 g/mol.